The number of nitrogens with zero attached hydrogens (tertiary/aromatic N) is 1. The van der Waals surface area contributed by atoms with Crippen LogP contribution in [0.4, 0.5) is 5.69 Å². The van der Waals surface area contributed by atoms with Gasteiger partial charge in [0.1, 0.15) is 23.0 Å². The molecule has 0 bridgehead atoms. The Bertz CT molecular complexity index is 1240. The summed E-state index contributed by atoms with van der Waals surface area (Å²) in [6.07, 6.45) is -0.658. The molecule has 35 heavy (non-hydrogen) atoms. The molecule has 0 saturated carbocycles. The SMILES string of the molecule is COc1ccc(CN2Cc3cc(NC(=O)c4ccccc4OC)ccc3O[C@@H](C)C2=O)c(OC)c1. The van der Waals surface area contributed by atoms with Gasteiger partial charge in [0, 0.05) is 36.0 Å². The average molecular weight is 477 g/mol. The van der Waals surface area contributed by atoms with Crippen LogP contribution in [0.1, 0.15) is 28.4 Å². The number of para-hydroxylation sites is 1. The minimum atomic E-state index is -0.658. The lowest BCUT2D eigenvalue weighted by atomic mass is 10.1. The van der Waals surface area contributed by atoms with Gasteiger partial charge in [-0.1, -0.05) is 12.1 Å². The van der Waals surface area contributed by atoms with Gasteiger partial charge in [-0.15, -0.1) is 0 Å². The lowest BCUT2D eigenvalue weighted by Crippen LogP contribution is -2.37. The average Bonchev–Trinajstić information content (AvgIpc) is 2.99. The molecule has 2 amide bonds. The van der Waals surface area contributed by atoms with Gasteiger partial charge in [-0.05, 0) is 49.4 Å². The monoisotopic (exact) mass is 476 g/mol. The van der Waals surface area contributed by atoms with E-state index in [1.165, 1.54) is 7.11 Å². The molecule has 0 fully saturated rings. The summed E-state index contributed by atoms with van der Waals surface area (Å²) >= 11 is 0. The second-order valence-corrected chi connectivity index (χ2v) is 8.11. The van der Waals surface area contributed by atoms with Crippen LogP contribution in [0.15, 0.2) is 60.7 Å². The first-order chi connectivity index (χ1) is 16.9. The molecule has 1 N–H and O–H groups in total. The summed E-state index contributed by atoms with van der Waals surface area (Å²) in [5.74, 6) is 1.96. The van der Waals surface area contributed by atoms with Crippen molar-refractivity contribution in [1.82, 2.24) is 4.90 Å². The number of ether oxygens (including phenoxy) is 4. The van der Waals surface area contributed by atoms with Crippen LogP contribution in [0.2, 0.25) is 0 Å². The summed E-state index contributed by atoms with van der Waals surface area (Å²) in [5, 5.41) is 2.91. The summed E-state index contributed by atoms with van der Waals surface area (Å²) in [6, 6.07) is 17.9. The highest BCUT2D eigenvalue weighted by atomic mass is 16.5. The van der Waals surface area contributed by atoms with E-state index < -0.39 is 6.10 Å². The molecule has 182 valence electrons. The standard InChI is InChI=1S/C27H28N2O6/c1-17-27(31)29(15-18-9-11-21(32-2)14-25(18)34-4)16-19-13-20(10-12-23(19)35-17)28-26(30)22-7-5-6-8-24(22)33-3/h5-14,17H,15-16H2,1-4H3,(H,28,30)/t17-/m0/s1. The predicted octanol–water partition coefficient (Wildman–Crippen LogP) is 4.27. The van der Waals surface area contributed by atoms with Gasteiger partial charge < -0.3 is 29.2 Å². The fraction of sp³-hybridized carbons (Fsp3) is 0.259. The Labute approximate surface area is 204 Å². The zero-order valence-electron chi connectivity index (χ0n) is 20.2. The molecule has 4 rings (SSSR count). The topological polar surface area (TPSA) is 86.3 Å². The smallest absolute Gasteiger partial charge is 0.263 e. The first kappa shape index (κ1) is 23.9. The Balaban J connectivity index is 1.59. The third kappa shape index (κ3) is 5.16. The minimum Gasteiger partial charge on any atom is -0.497 e. The van der Waals surface area contributed by atoms with E-state index in [0.717, 1.165) is 11.1 Å². The molecule has 0 unspecified atom stereocenters. The molecule has 3 aromatic rings. The highest BCUT2D eigenvalue weighted by molar-refractivity contribution is 6.06. The molecule has 0 spiro atoms. The highest BCUT2D eigenvalue weighted by Crippen LogP contribution is 2.32. The van der Waals surface area contributed by atoms with Crippen molar-refractivity contribution in [3.8, 4) is 23.0 Å². The Morgan fingerprint density at radius 2 is 1.77 bits per heavy atom. The zero-order valence-corrected chi connectivity index (χ0v) is 20.2. The molecule has 3 aromatic carbocycles. The molecule has 8 heteroatoms. The van der Waals surface area contributed by atoms with Crippen molar-refractivity contribution in [3.63, 3.8) is 0 Å². The molecular weight excluding hydrogens is 448 g/mol. The molecular formula is C27H28N2O6. The number of benzene rings is 3. The number of carbonyl (C=O) groups excluding carboxylic acids is 2. The summed E-state index contributed by atoms with van der Waals surface area (Å²) in [7, 11) is 4.70. The third-order valence-corrected chi connectivity index (χ3v) is 5.85. The molecule has 0 aromatic heterocycles. The van der Waals surface area contributed by atoms with E-state index in [2.05, 4.69) is 5.32 Å². The van der Waals surface area contributed by atoms with Gasteiger partial charge in [0.25, 0.3) is 11.8 Å². The van der Waals surface area contributed by atoms with Crippen molar-refractivity contribution in [1.29, 1.82) is 0 Å². The summed E-state index contributed by atoms with van der Waals surface area (Å²) in [6.45, 7) is 2.37. The molecule has 0 aliphatic carbocycles. The Morgan fingerprint density at radius 3 is 2.51 bits per heavy atom. The zero-order chi connectivity index (χ0) is 24.9. The van der Waals surface area contributed by atoms with Crippen molar-refractivity contribution in [2.45, 2.75) is 26.1 Å². The third-order valence-electron chi connectivity index (χ3n) is 5.85. The number of hydrogen-bond acceptors (Lipinski definition) is 6. The fourth-order valence-electron chi connectivity index (χ4n) is 4.03. The van der Waals surface area contributed by atoms with Gasteiger partial charge in [-0.25, -0.2) is 0 Å². The fourth-order valence-corrected chi connectivity index (χ4v) is 4.03. The van der Waals surface area contributed by atoms with Crippen molar-refractivity contribution in [2.75, 3.05) is 26.6 Å². The van der Waals surface area contributed by atoms with Crippen LogP contribution in [0, 0.1) is 0 Å². The highest BCUT2D eigenvalue weighted by Gasteiger charge is 2.29. The van der Waals surface area contributed by atoms with E-state index in [1.807, 2.05) is 18.2 Å². The maximum absolute atomic E-state index is 13.1. The van der Waals surface area contributed by atoms with Gasteiger partial charge >= 0.3 is 0 Å². The lowest BCUT2D eigenvalue weighted by molar-refractivity contribution is -0.138. The number of methoxy groups -OCH3 is 3. The van der Waals surface area contributed by atoms with Crippen LogP contribution in [-0.2, 0) is 17.9 Å². The molecule has 0 saturated heterocycles. The quantitative estimate of drug-likeness (QED) is 0.548. The van der Waals surface area contributed by atoms with Crippen molar-refractivity contribution >= 4 is 17.5 Å². The maximum atomic E-state index is 13.1. The van der Waals surface area contributed by atoms with Gasteiger partial charge in [0.2, 0.25) is 0 Å². The van der Waals surface area contributed by atoms with E-state index in [-0.39, 0.29) is 11.8 Å². The molecule has 1 heterocycles. The number of amides is 2. The normalized spacial score (nSPS) is 14.9. The van der Waals surface area contributed by atoms with Crippen LogP contribution in [-0.4, -0.2) is 44.1 Å². The summed E-state index contributed by atoms with van der Waals surface area (Å²) in [4.78, 5) is 27.7. The minimum absolute atomic E-state index is 0.140. The second-order valence-electron chi connectivity index (χ2n) is 8.11. The molecule has 1 aliphatic rings. The number of anilines is 1. The van der Waals surface area contributed by atoms with E-state index in [9.17, 15) is 9.59 Å². The number of carbonyl (C=O) groups is 2. The first-order valence-corrected chi connectivity index (χ1v) is 11.2. The number of hydrogen-bond donors (Lipinski definition) is 1. The van der Waals surface area contributed by atoms with E-state index in [1.54, 1.807) is 68.5 Å². The van der Waals surface area contributed by atoms with Crippen LogP contribution in [0.25, 0.3) is 0 Å². The van der Waals surface area contributed by atoms with Crippen molar-refractivity contribution < 1.29 is 28.5 Å². The van der Waals surface area contributed by atoms with Crippen LogP contribution >= 0.6 is 0 Å². The number of nitrogens with one attached hydrogen (secondary N) is 1. The molecule has 1 aliphatic heterocycles. The maximum Gasteiger partial charge on any atom is 0.263 e. The summed E-state index contributed by atoms with van der Waals surface area (Å²) < 4.78 is 22.0. The van der Waals surface area contributed by atoms with Crippen molar-refractivity contribution in [2.24, 2.45) is 0 Å². The van der Waals surface area contributed by atoms with E-state index >= 15 is 0 Å². The second kappa shape index (κ2) is 10.4. The van der Waals surface area contributed by atoms with Gasteiger partial charge in [-0.3, -0.25) is 9.59 Å². The van der Waals surface area contributed by atoms with E-state index in [4.69, 9.17) is 18.9 Å². The Hall–Kier alpha value is -4.20. The van der Waals surface area contributed by atoms with Gasteiger partial charge in [0.05, 0.1) is 26.9 Å². The van der Waals surface area contributed by atoms with Crippen LogP contribution in [0.3, 0.4) is 0 Å². The Kier molecular flexibility index (Phi) is 7.10. The van der Waals surface area contributed by atoms with Gasteiger partial charge in [-0.2, -0.15) is 0 Å². The lowest BCUT2D eigenvalue weighted by Gasteiger charge is -2.23. The largest absolute Gasteiger partial charge is 0.497 e. The van der Waals surface area contributed by atoms with Crippen LogP contribution < -0.4 is 24.3 Å². The molecule has 8 nitrogen and oxygen atoms in total. The number of fused-ring (bicyclic) bond motifs is 1. The molecule has 1 atom stereocenters. The van der Waals surface area contributed by atoms with E-state index in [0.29, 0.717) is 47.3 Å². The first-order valence-electron chi connectivity index (χ1n) is 11.2. The number of rotatable bonds is 7. The van der Waals surface area contributed by atoms with Crippen LogP contribution in [0.5, 0.6) is 23.0 Å². The Morgan fingerprint density at radius 1 is 1.00 bits per heavy atom. The van der Waals surface area contributed by atoms with Gasteiger partial charge in [0.15, 0.2) is 6.10 Å². The predicted molar refractivity (Wildman–Crippen MR) is 131 cm³/mol. The molecule has 0 radical (unpaired) electrons. The van der Waals surface area contributed by atoms with Crippen molar-refractivity contribution in [3.05, 3.63) is 77.4 Å². The summed E-state index contributed by atoms with van der Waals surface area (Å²) in [5.41, 5.74) is 2.65.